The van der Waals surface area contributed by atoms with E-state index in [9.17, 15) is 13.5 Å². The van der Waals surface area contributed by atoms with Gasteiger partial charge >= 0.3 is 0 Å². The smallest absolute Gasteiger partial charge is 0.211 e. The number of hydrogen-bond acceptors (Lipinski definition) is 5. The fraction of sp³-hybridized carbons (Fsp3) is 1.00. The van der Waals surface area contributed by atoms with E-state index in [1.807, 2.05) is 0 Å². The van der Waals surface area contributed by atoms with Crippen molar-refractivity contribution in [2.24, 2.45) is 0 Å². The van der Waals surface area contributed by atoms with Gasteiger partial charge in [-0.3, -0.25) is 4.90 Å². The molecule has 0 aromatic heterocycles. The molecule has 2 rings (SSSR count). The Kier molecular flexibility index (Phi) is 5.31. The van der Waals surface area contributed by atoms with Gasteiger partial charge in [0, 0.05) is 43.8 Å². The van der Waals surface area contributed by atoms with E-state index in [0.717, 1.165) is 19.5 Å². The summed E-state index contributed by atoms with van der Waals surface area (Å²) >= 11 is 0. The fourth-order valence-electron chi connectivity index (χ4n) is 3.15. The lowest BCUT2D eigenvalue weighted by Crippen LogP contribution is -2.55. The predicted molar refractivity (Wildman–Crippen MR) is 83.7 cm³/mol. The Bertz CT molecular complexity index is 444. The summed E-state index contributed by atoms with van der Waals surface area (Å²) in [6.45, 7) is 7.03. The maximum Gasteiger partial charge on any atom is 0.211 e. The van der Waals surface area contributed by atoms with Crippen LogP contribution in [0.25, 0.3) is 0 Å². The van der Waals surface area contributed by atoms with Crippen LogP contribution in [-0.4, -0.2) is 79.4 Å². The Morgan fingerprint density at radius 3 is 2.29 bits per heavy atom. The summed E-state index contributed by atoms with van der Waals surface area (Å²) < 4.78 is 24.6. The molecule has 0 spiro atoms. The highest BCUT2D eigenvalue weighted by Crippen LogP contribution is 2.26. The minimum absolute atomic E-state index is 0.136. The molecule has 7 heteroatoms. The highest BCUT2D eigenvalue weighted by Gasteiger charge is 2.35. The van der Waals surface area contributed by atoms with Gasteiger partial charge in [-0.25, -0.2) is 8.42 Å². The Morgan fingerprint density at radius 1 is 1.29 bits per heavy atom. The van der Waals surface area contributed by atoms with E-state index in [0.29, 0.717) is 25.2 Å². The maximum atomic E-state index is 11.5. The van der Waals surface area contributed by atoms with E-state index in [4.69, 9.17) is 0 Å². The van der Waals surface area contributed by atoms with Crippen molar-refractivity contribution >= 4 is 10.0 Å². The monoisotopic (exact) mass is 319 g/mol. The summed E-state index contributed by atoms with van der Waals surface area (Å²) in [5.74, 6) is 0. The Balaban J connectivity index is 1.84. The number of aliphatic hydroxyl groups excluding tert-OH is 1. The van der Waals surface area contributed by atoms with Crippen LogP contribution in [0.4, 0.5) is 0 Å². The molecule has 1 aliphatic carbocycles. The normalized spacial score (nSPS) is 26.5. The van der Waals surface area contributed by atoms with Crippen LogP contribution in [0, 0.1) is 0 Å². The molecule has 2 fully saturated rings. The zero-order chi connectivity index (χ0) is 15.7. The van der Waals surface area contributed by atoms with Gasteiger partial charge in [-0.2, -0.15) is 4.31 Å². The summed E-state index contributed by atoms with van der Waals surface area (Å²) in [6.07, 6.45) is 4.56. The van der Waals surface area contributed by atoms with Crippen molar-refractivity contribution in [3.63, 3.8) is 0 Å². The predicted octanol–water partition coefficient (Wildman–Crippen LogP) is -0.155. The number of aliphatic hydroxyl groups is 1. The molecule has 2 unspecified atom stereocenters. The first-order valence-electron chi connectivity index (χ1n) is 7.81. The number of sulfonamides is 1. The first kappa shape index (κ1) is 17.1. The molecule has 0 bridgehead atoms. The van der Waals surface area contributed by atoms with Crippen LogP contribution >= 0.6 is 0 Å². The zero-order valence-electron chi connectivity index (χ0n) is 13.4. The average Bonchev–Trinajstić information content (AvgIpc) is 3.21. The lowest BCUT2D eigenvalue weighted by Gasteiger charge is -2.40. The standard InChI is InChI=1S/C14H29N3O3S/c1-12(10-14(2,11-18)15-13-4-5-13)16-6-8-17(9-7-16)21(3,19)20/h12-13,15,18H,4-11H2,1-3H3. The molecule has 1 heterocycles. The number of nitrogens with zero attached hydrogens (tertiary/aromatic N) is 2. The van der Waals surface area contributed by atoms with Crippen LogP contribution in [0.1, 0.15) is 33.1 Å². The molecular weight excluding hydrogens is 290 g/mol. The van der Waals surface area contributed by atoms with Crippen LogP contribution in [0.2, 0.25) is 0 Å². The van der Waals surface area contributed by atoms with Crippen molar-refractivity contribution in [2.45, 2.75) is 50.7 Å². The van der Waals surface area contributed by atoms with Crippen LogP contribution in [0.15, 0.2) is 0 Å². The van der Waals surface area contributed by atoms with Gasteiger partial charge < -0.3 is 10.4 Å². The Morgan fingerprint density at radius 2 is 1.86 bits per heavy atom. The van der Waals surface area contributed by atoms with E-state index in [-0.39, 0.29) is 12.1 Å². The van der Waals surface area contributed by atoms with Gasteiger partial charge in [-0.05, 0) is 33.1 Å². The average molecular weight is 319 g/mol. The zero-order valence-corrected chi connectivity index (χ0v) is 14.2. The molecule has 6 nitrogen and oxygen atoms in total. The second kappa shape index (κ2) is 6.50. The molecule has 21 heavy (non-hydrogen) atoms. The van der Waals surface area contributed by atoms with Gasteiger partial charge in [-0.15, -0.1) is 0 Å². The van der Waals surface area contributed by atoms with Gasteiger partial charge in [0.25, 0.3) is 0 Å². The third-order valence-corrected chi connectivity index (χ3v) is 5.89. The van der Waals surface area contributed by atoms with Gasteiger partial charge in [0.2, 0.25) is 10.0 Å². The Hall–Kier alpha value is -0.210. The summed E-state index contributed by atoms with van der Waals surface area (Å²) in [7, 11) is -3.07. The highest BCUT2D eigenvalue weighted by atomic mass is 32.2. The van der Waals surface area contributed by atoms with E-state index in [1.54, 1.807) is 4.31 Å². The molecule has 2 N–H and O–H groups in total. The second-order valence-electron chi connectivity index (χ2n) is 6.89. The maximum absolute atomic E-state index is 11.5. The van der Waals surface area contributed by atoms with Crippen LogP contribution in [-0.2, 0) is 10.0 Å². The molecule has 0 aromatic carbocycles. The first-order chi connectivity index (χ1) is 9.73. The van der Waals surface area contributed by atoms with Crippen molar-refractivity contribution in [1.29, 1.82) is 0 Å². The van der Waals surface area contributed by atoms with E-state index >= 15 is 0 Å². The molecule has 124 valence electrons. The number of nitrogens with one attached hydrogen (secondary N) is 1. The van der Waals surface area contributed by atoms with Crippen molar-refractivity contribution in [3.05, 3.63) is 0 Å². The molecule has 2 aliphatic rings. The topological polar surface area (TPSA) is 72.9 Å². The third-order valence-electron chi connectivity index (χ3n) is 4.59. The van der Waals surface area contributed by atoms with Crippen molar-refractivity contribution in [2.75, 3.05) is 39.0 Å². The molecule has 2 atom stereocenters. The van der Waals surface area contributed by atoms with Crippen molar-refractivity contribution in [3.8, 4) is 0 Å². The number of hydrogen-bond donors (Lipinski definition) is 2. The van der Waals surface area contributed by atoms with Gasteiger partial charge in [-0.1, -0.05) is 0 Å². The highest BCUT2D eigenvalue weighted by molar-refractivity contribution is 7.88. The van der Waals surface area contributed by atoms with Crippen LogP contribution in [0.3, 0.4) is 0 Å². The molecule has 0 amide bonds. The summed E-state index contributed by atoms with van der Waals surface area (Å²) in [6, 6.07) is 0.895. The largest absolute Gasteiger partial charge is 0.394 e. The lowest BCUT2D eigenvalue weighted by atomic mass is 9.93. The summed E-state index contributed by atoms with van der Waals surface area (Å²) in [5.41, 5.74) is -0.242. The lowest BCUT2D eigenvalue weighted by molar-refractivity contribution is 0.0921. The molecule has 1 aliphatic heterocycles. The SMILES string of the molecule is CC(CC(C)(CO)NC1CC1)N1CCN(S(C)(=O)=O)CC1. The van der Waals surface area contributed by atoms with Gasteiger partial charge in [0.1, 0.15) is 0 Å². The number of rotatable bonds is 7. The third kappa shape index (κ3) is 4.89. The molecule has 0 radical (unpaired) electrons. The van der Waals surface area contributed by atoms with Gasteiger partial charge in [0.15, 0.2) is 0 Å². The quantitative estimate of drug-likeness (QED) is 0.682. The fourth-order valence-corrected chi connectivity index (χ4v) is 3.97. The van der Waals surface area contributed by atoms with Crippen molar-refractivity contribution < 1.29 is 13.5 Å². The first-order valence-corrected chi connectivity index (χ1v) is 9.66. The molecule has 0 aromatic rings. The van der Waals surface area contributed by atoms with E-state index in [1.165, 1.54) is 19.1 Å². The van der Waals surface area contributed by atoms with Crippen LogP contribution < -0.4 is 5.32 Å². The van der Waals surface area contributed by atoms with E-state index in [2.05, 4.69) is 24.1 Å². The Labute approximate surface area is 128 Å². The summed E-state index contributed by atoms with van der Waals surface area (Å²) in [4.78, 5) is 2.32. The minimum Gasteiger partial charge on any atom is -0.394 e. The second-order valence-corrected chi connectivity index (χ2v) is 8.87. The molecular formula is C14H29N3O3S. The van der Waals surface area contributed by atoms with Crippen molar-refractivity contribution in [1.82, 2.24) is 14.5 Å². The van der Waals surface area contributed by atoms with Gasteiger partial charge in [0.05, 0.1) is 12.9 Å². The van der Waals surface area contributed by atoms with E-state index < -0.39 is 10.0 Å². The number of piperazine rings is 1. The summed E-state index contributed by atoms with van der Waals surface area (Å²) in [5, 5.41) is 13.2. The molecule has 1 saturated heterocycles. The van der Waals surface area contributed by atoms with Crippen LogP contribution in [0.5, 0.6) is 0 Å². The minimum atomic E-state index is -3.07. The molecule has 1 saturated carbocycles.